The quantitative estimate of drug-likeness (QED) is 0.486. The number of hydrogen-bond donors (Lipinski definition) is 1. The first-order valence-electron chi connectivity index (χ1n) is 9.48. The number of nitrogens with one attached hydrogen (secondary N) is 1. The summed E-state index contributed by atoms with van der Waals surface area (Å²) in [6.45, 7) is 4.03. The number of H-pyrrole nitrogens is 1. The number of aromatic nitrogens is 1. The molecule has 1 aromatic heterocycles. The van der Waals surface area contributed by atoms with Crippen LogP contribution in [0.1, 0.15) is 16.7 Å². The minimum absolute atomic E-state index is 0.140. The molecule has 3 heteroatoms. The van der Waals surface area contributed by atoms with Crippen molar-refractivity contribution in [2.75, 3.05) is 0 Å². The van der Waals surface area contributed by atoms with Gasteiger partial charge in [0.2, 0.25) is 0 Å². The number of nitriles is 1. The summed E-state index contributed by atoms with van der Waals surface area (Å²) in [6.07, 6.45) is 0. The second kappa shape index (κ2) is 7.61. The predicted molar refractivity (Wildman–Crippen MR) is 118 cm³/mol. The van der Waals surface area contributed by atoms with Crippen molar-refractivity contribution in [3.05, 3.63) is 106 Å². The summed E-state index contributed by atoms with van der Waals surface area (Å²) in [7, 11) is 0. The van der Waals surface area contributed by atoms with Gasteiger partial charge in [-0.25, -0.2) is 0 Å². The highest BCUT2D eigenvalue weighted by atomic mass is 16.1. The van der Waals surface area contributed by atoms with Gasteiger partial charge in [-0.3, -0.25) is 4.79 Å². The topological polar surface area (TPSA) is 56.6 Å². The van der Waals surface area contributed by atoms with Gasteiger partial charge in [0.25, 0.3) is 5.56 Å². The highest BCUT2D eigenvalue weighted by molar-refractivity contribution is 5.78. The molecule has 0 radical (unpaired) electrons. The average Bonchev–Trinajstić information content (AvgIpc) is 2.74. The molecule has 0 aliphatic heterocycles. The first kappa shape index (κ1) is 18.5. The van der Waals surface area contributed by atoms with Crippen LogP contribution in [0.25, 0.3) is 33.5 Å². The zero-order valence-electron chi connectivity index (χ0n) is 16.4. The molecule has 29 heavy (non-hydrogen) atoms. The lowest BCUT2D eigenvalue weighted by molar-refractivity contribution is 1.21. The molecule has 3 nitrogen and oxygen atoms in total. The Bertz CT molecular complexity index is 1280. The Kier molecular flexibility index (Phi) is 4.85. The maximum Gasteiger partial charge on any atom is 0.266 e. The standard InChI is InChI=1S/C26H20N2O/c1-17-8-13-22(18(2)14-17)23-15-25(28-26(29)24(23)16-27)21-11-9-20(10-12-21)19-6-4-3-5-7-19/h3-15H,1-2H3,(H,28,29). The van der Waals surface area contributed by atoms with Gasteiger partial charge in [0.1, 0.15) is 11.6 Å². The van der Waals surface area contributed by atoms with E-state index in [-0.39, 0.29) is 11.1 Å². The first-order valence-corrected chi connectivity index (χ1v) is 9.48. The van der Waals surface area contributed by atoms with Crippen LogP contribution in [0, 0.1) is 25.2 Å². The van der Waals surface area contributed by atoms with Crippen LogP contribution in [0.15, 0.2) is 83.7 Å². The van der Waals surface area contributed by atoms with Crippen LogP contribution in [0.5, 0.6) is 0 Å². The SMILES string of the molecule is Cc1ccc(-c2cc(-c3ccc(-c4ccccc4)cc3)[nH]c(=O)c2C#N)c(C)c1. The number of hydrogen-bond acceptors (Lipinski definition) is 2. The van der Waals surface area contributed by atoms with E-state index in [4.69, 9.17) is 0 Å². The van der Waals surface area contributed by atoms with Crippen molar-refractivity contribution < 1.29 is 0 Å². The average molecular weight is 376 g/mol. The third-order valence-corrected chi connectivity index (χ3v) is 5.12. The van der Waals surface area contributed by atoms with Crippen molar-refractivity contribution in [3.8, 4) is 39.6 Å². The maximum absolute atomic E-state index is 12.6. The van der Waals surface area contributed by atoms with Gasteiger partial charge in [0.15, 0.2) is 0 Å². The normalized spacial score (nSPS) is 10.5. The van der Waals surface area contributed by atoms with E-state index in [1.165, 1.54) is 0 Å². The number of pyridine rings is 1. The molecule has 0 aliphatic carbocycles. The Morgan fingerprint density at radius 1 is 0.759 bits per heavy atom. The van der Waals surface area contributed by atoms with Crippen LogP contribution in [0.3, 0.4) is 0 Å². The number of rotatable bonds is 3. The molecule has 0 spiro atoms. The van der Waals surface area contributed by atoms with Gasteiger partial charge in [-0.2, -0.15) is 5.26 Å². The second-order valence-corrected chi connectivity index (χ2v) is 7.17. The molecule has 0 aliphatic rings. The number of aryl methyl sites for hydroxylation is 2. The molecule has 0 atom stereocenters. The van der Waals surface area contributed by atoms with Crippen LogP contribution in [0.2, 0.25) is 0 Å². The Morgan fingerprint density at radius 2 is 1.41 bits per heavy atom. The second-order valence-electron chi connectivity index (χ2n) is 7.17. The van der Waals surface area contributed by atoms with E-state index in [1.807, 2.05) is 74.5 Å². The van der Waals surface area contributed by atoms with E-state index in [2.05, 4.69) is 29.3 Å². The monoisotopic (exact) mass is 376 g/mol. The molecular weight excluding hydrogens is 356 g/mol. The molecule has 0 bridgehead atoms. The van der Waals surface area contributed by atoms with E-state index in [1.54, 1.807) is 0 Å². The largest absolute Gasteiger partial charge is 0.321 e. The highest BCUT2D eigenvalue weighted by Gasteiger charge is 2.14. The molecule has 1 N–H and O–H groups in total. The number of aromatic amines is 1. The molecule has 1 heterocycles. The van der Waals surface area contributed by atoms with E-state index >= 15 is 0 Å². The zero-order valence-corrected chi connectivity index (χ0v) is 16.4. The molecular formula is C26H20N2O. The van der Waals surface area contributed by atoms with E-state index in [0.717, 1.165) is 33.4 Å². The van der Waals surface area contributed by atoms with Crippen molar-refractivity contribution in [1.82, 2.24) is 4.98 Å². The summed E-state index contributed by atoms with van der Waals surface area (Å²) in [4.78, 5) is 15.5. The summed E-state index contributed by atoms with van der Waals surface area (Å²) >= 11 is 0. The van der Waals surface area contributed by atoms with Gasteiger partial charge in [0.05, 0.1) is 0 Å². The van der Waals surface area contributed by atoms with Crippen LogP contribution < -0.4 is 5.56 Å². The fourth-order valence-corrected chi connectivity index (χ4v) is 3.63. The summed E-state index contributed by atoms with van der Waals surface area (Å²) in [6, 6.07) is 28.2. The van der Waals surface area contributed by atoms with E-state index in [0.29, 0.717) is 11.3 Å². The molecule has 0 amide bonds. The number of benzene rings is 3. The van der Waals surface area contributed by atoms with Crippen molar-refractivity contribution in [2.24, 2.45) is 0 Å². The fraction of sp³-hybridized carbons (Fsp3) is 0.0769. The summed E-state index contributed by atoms with van der Waals surface area (Å²) in [5.74, 6) is 0. The smallest absolute Gasteiger partial charge is 0.266 e. The number of nitrogens with zero attached hydrogens (tertiary/aromatic N) is 1. The van der Waals surface area contributed by atoms with Gasteiger partial charge in [-0.1, -0.05) is 78.4 Å². The Hall–Kier alpha value is -3.90. The van der Waals surface area contributed by atoms with Gasteiger partial charge in [-0.15, -0.1) is 0 Å². The van der Waals surface area contributed by atoms with Gasteiger partial charge < -0.3 is 4.98 Å². The van der Waals surface area contributed by atoms with Gasteiger partial charge >= 0.3 is 0 Å². The van der Waals surface area contributed by atoms with Crippen molar-refractivity contribution in [3.63, 3.8) is 0 Å². The first-order chi connectivity index (χ1) is 14.1. The summed E-state index contributed by atoms with van der Waals surface area (Å²) < 4.78 is 0. The summed E-state index contributed by atoms with van der Waals surface area (Å²) in [5.41, 5.74) is 7.37. The van der Waals surface area contributed by atoms with Crippen LogP contribution in [-0.2, 0) is 0 Å². The van der Waals surface area contributed by atoms with Crippen molar-refractivity contribution in [1.29, 1.82) is 5.26 Å². The lowest BCUT2D eigenvalue weighted by atomic mass is 9.94. The Labute approximate surface area is 169 Å². The fourth-order valence-electron chi connectivity index (χ4n) is 3.63. The van der Waals surface area contributed by atoms with E-state index in [9.17, 15) is 10.1 Å². The Balaban J connectivity index is 1.82. The molecule has 4 aromatic rings. The lowest BCUT2D eigenvalue weighted by Crippen LogP contribution is -2.13. The zero-order chi connectivity index (χ0) is 20.4. The Morgan fingerprint density at radius 3 is 2.07 bits per heavy atom. The summed E-state index contributed by atoms with van der Waals surface area (Å²) in [5, 5.41) is 9.56. The van der Waals surface area contributed by atoms with E-state index < -0.39 is 0 Å². The molecule has 0 fully saturated rings. The maximum atomic E-state index is 12.6. The van der Waals surface area contributed by atoms with Gasteiger partial charge in [0, 0.05) is 11.3 Å². The van der Waals surface area contributed by atoms with Crippen LogP contribution >= 0.6 is 0 Å². The molecule has 3 aromatic carbocycles. The van der Waals surface area contributed by atoms with Crippen molar-refractivity contribution in [2.45, 2.75) is 13.8 Å². The molecule has 0 saturated carbocycles. The molecule has 4 rings (SSSR count). The molecule has 140 valence electrons. The van der Waals surface area contributed by atoms with Crippen LogP contribution in [-0.4, -0.2) is 4.98 Å². The van der Waals surface area contributed by atoms with Gasteiger partial charge in [-0.05, 0) is 47.7 Å². The van der Waals surface area contributed by atoms with Crippen molar-refractivity contribution >= 4 is 0 Å². The highest BCUT2D eigenvalue weighted by Crippen LogP contribution is 2.30. The minimum Gasteiger partial charge on any atom is -0.321 e. The third kappa shape index (κ3) is 3.61. The third-order valence-electron chi connectivity index (χ3n) is 5.12. The molecule has 0 saturated heterocycles. The lowest BCUT2D eigenvalue weighted by Gasteiger charge is -2.11. The molecule has 0 unspecified atom stereocenters. The minimum atomic E-state index is -0.368. The van der Waals surface area contributed by atoms with Crippen LogP contribution in [0.4, 0.5) is 0 Å². The predicted octanol–water partition coefficient (Wildman–Crippen LogP) is 5.86.